The molecular weight excluding hydrogens is 492 g/mol. The number of aliphatic hydroxyl groups excluding tert-OH is 1. The Morgan fingerprint density at radius 2 is 1.42 bits per heavy atom. The fourth-order valence-corrected chi connectivity index (χ4v) is 5.11. The molecule has 2 fully saturated rings. The average Bonchev–Trinajstić information content (AvgIpc) is 3.56. The topological polar surface area (TPSA) is 107 Å². The number of ketones is 1. The van der Waals surface area contributed by atoms with E-state index in [4.69, 9.17) is 23.7 Å². The van der Waals surface area contributed by atoms with Crippen LogP contribution >= 0.6 is 0 Å². The van der Waals surface area contributed by atoms with Gasteiger partial charge in [-0.05, 0) is 61.8 Å². The third-order valence-electron chi connectivity index (χ3n) is 7.06. The van der Waals surface area contributed by atoms with E-state index >= 15 is 0 Å². The summed E-state index contributed by atoms with van der Waals surface area (Å²) < 4.78 is 27.2. The van der Waals surface area contributed by atoms with Gasteiger partial charge in [0.2, 0.25) is 5.75 Å². The third kappa shape index (κ3) is 4.96. The fourth-order valence-electron chi connectivity index (χ4n) is 5.11. The molecule has 0 aromatic heterocycles. The zero-order valence-corrected chi connectivity index (χ0v) is 22.4. The van der Waals surface area contributed by atoms with Crippen molar-refractivity contribution in [3.63, 3.8) is 0 Å². The van der Waals surface area contributed by atoms with E-state index in [2.05, 4.69) is 4.90 Å². The quantitative estimate of drug-likeness (QED) is 0.284. The van der Waals surface area contributed by atoms with Crippen LogP contribution in [0.15, 0.2) is 35.9 Å². The van der Waals surface area contributed by atoms with Crippen molar-refractivity contribution in [2.75, 3.05) is 61.7 Å². The first kappa shape index (κ1) is 27.1. The number of benzene rings is 2. The summed E-state index contributed by atoms with van der Waals surface area (Å²) in [5, 5.41) is 11.5. The first-order valence-electron chi connectivity index (χ1n) is 12.4. The van der Waals surface area contributed by atoms with Crippen molar-refractivity contribution < 1.29 is 38.4 Å². The summed E-state index contributed by atoms with van der Waals surface area (Å²) in [4.78, 5) is 30.6. The largest absolute Gasteiger partial charge is 0.507 e. The van der Waals surface area contributed by atoms with Crippen LogP contribution in [0.3, 0.4) is 0 Å². The lowest BCUT2D eigenvalue weighted by molar-refractivity contribution is -0.140. The number of carbonyl (C=O) groups excluding carboxylic acids is 2. The van der Waals surface area contributed by atoms with E-state index in [-0.39, 0.29) is 11.3 Å². The maximum atomic E-state index is 13.5. The van der Waals surface area contributed by atoms with Crippen molar-refractivity contribution in [2.24, 2.45) is 0 Å². The number of Topliss-reactive ketones (excluding diaryl/α,β-unsaturated/α-hetero) is 1. The molecular formula is C28H34N2O8. The lowest BCUT2D eigenvalue weighted by Gasteiger charge is -2.28. The zero-order valence-electron chi connectivity index (χ0n) is 22.4. The lowest BCUT2D eigenvalue weighted by atomic mass is 9.94. The van der Waals surface area contributed by atoms with Gasteiger partial charge in [-0.2, -0.15) is 0 Å². The Balaban J connectivity index is 1.87. The standard InChI is InChI=1S/C28H34N2O8/c1-34-19-9-8-17(14-20(19)35-2)25(31)23-24(18-15-21(36-3)27(38-5)22(16-18)37-4)30(28(33)26(23)32)13-12-29-10-6-7-11-29/h8-9,14-16,24,31H,6-7,10-13H2,1-5H3. The number of carbonyl (C=O) groups is 2. The molecule has 0 saturated carbocycles. The highest BCUT2D eigenvalue weighted by Gasteiger charge is 2.46. The highest BCUT2D eigenvalue weighted by molar-refractivity contribution is 6.46. The number of likely N-dealkylation sites (tertiary alicyclic amines) is 2. The van der Waals surface area contributed by atoms with Crippen LogP contribution < -0.4 is 23.7 Å². The van der Waals surface area contributed by atoms with Crippen LogP contribution in [0.1, 0.15) is 30.0 Å². The van der Waals surface area contributed by atoms with Crippen LogP contribution in [0.5, 0.6) is 28.7 Å². The van der Waals surface area contributed by atoms with Gasteiger partial charge in [-0.25, -0.2) is 0 Å². The first-order valence-corrected chi connectivity index (χ1v) is 12.4. The molecule has 2 aliphatic rings. The molecule has 38 heavy (non-hydrogen) atoms. The van der Waals surface area contributed by atoms with Gasteiger partial charge in [0.05, 0.1) is 47.2 Å². The van der Waals surface area contributed by atoms with Gasteiger partial charge in [0, 0.05) is 18.7 Å². The monoisotopic (exact) mass is 526 g/mol. The minimum atomic E-state index is -0.876. The first-order chi connectivity index (χ1) is 18.4. The van der Waals surface area contributed by atoms with Crippen molar-refractivity contribution in [3.05, 3.63) is 47.0 Å². The summed E-state index contributed by atoms with van der Waals surface area (Å²) in [6.45, 7) is 2.83. The maximum absolute atomic E-state index is 13.5. The van der Waals surface area contributed by atoms with Crippen LogP contribution in [0, 0.1) is 0 Å². The van der Waals surface area contributed by atoms with E-state index in [1.165, 1.54) is 40.4 Å². The molecule has 10 nitrogen and oxygen atoms in total. The third-order valence-corrected chi connectivity index (χ3v) is 7.06. The van der Waals surface area contributed by atoms with Crippen molar-refractivity contribution >= 4 is 17.4 Å². The molecule has 4 rings (SSSR count). The molecule has 2 heterocycles. The van der Waals surface area contributed by atoms with E-state index in [1.54, 1.807) is 30.3 Å². The van der Waals surface area contributed by atoms with E-state index in [9.17, 15) is 14.7 Å². The van der Waals surface area contributed by atoms with Crippen LogP contribution in [0.25, 0.3) is 5.76 Å². The minimum Gasteiger partial charge on any atom is -0.507 e. The Bertz CT molecular complexity index is 1210. The highest BCUT2D eigenvalue weighted by Crippen LogP contribution is 2.46. The highest BCUT2D eigenvalue weighted by atomic mass is 16.5. The van der Waals surface area contributed by atoms with Crippen molar-refractivity contribution in [1.82, 2.24) is 9.80 Å². The molecule has 0 bridgehead atoms. The van der Waals surface area contributed by atoms with E-state index in [1.807, 2.05) is 0 Å². The van der Waals surface area contributed by atoms with E-state index in [0.29, 0.717) is 53.0 Å². The Morgan fingerprint density at radius 1 is 0.816 bits per heavy atom. The molecule has 0 aliphatic carbocycles. The number of rotatable bonds is 10. The molecule has 1 N–H and O–H groups in total. The maximum Gasteiger partial charge on any atom is 0.295 e. The summed E-state index contributed by atoms with van der Waals surface area (Å²) in [5.41, 5.74) is 0.831. The molecule has 2 aromatic rings. The second kappa shape index (κ2) is 11.6. The Morgan fingerprint density at radius 3 is 1.97 bits per heavy atom. The Kier molecular flexibility index (Phi) is 8.31. The second-order valence-corrected chi connectivity index (χ2v) is 9.07. The number of methoxy groups -OCH3 is 5. The molecule has 204 valence electrons. The minimum absolute atomic E-state index is 0.0297. The average molecular weight is 527 g/mol. The van der Waals surface area contributed by atoms with Gasteiger partial charge in [0.15, 0.2) is 23.0 Å². The SMILES string of the molecule is COc1ccc(C(O)=C2C(=O)C(=O)N(CCN3CCCC3)C2c2cc(OC)c(OC)c(OC)c2)cc1OC. The number of hydrogen-bond donors (Lipinski definition) is 1. The fraction of sp³-hybridized carbons (Fsp3) is 0.429. The molecule has 0 radical (unpaired) electrons. The summed E-state index contributed by atoms with van der Waals surface area (Å²) >= 11 is 0. The summed E-state index contributed by atoms with van der Waals surface area (Å²) in [5.74, 6) is 0.221. The van der Waals surface area contributed by atoms with Crippen molar-refractivity contribution in [2.45, 2.75) is 18.9 Å². The number of amides is 1. The molecule has 2 aliphatic heterocycles. The molecule has 1 unspecified atom stereocenters. The van der Waals surface area contributed by atoms with Gasteiger partial charge in [-0.3, -0.25) is 9.59 Å². The molecule has 1 atom stereocenters. The van der Waals surface area contributed by atoms with Gasteiger partial charge < -0.3 is 38.6 Å². The van der Waals surface area contributed by atoms with Crippen LogP contribution in [-0.2, 0) is 9.59 Å². The number of nitrogens with zero attached hydrogens (tertiary/aromatic N) is 2. The normalized spacial score (nSPS) is 19.1. The molecule has 2 saturated heterocycles. The van der Waals surface area contributed by atoms with Crippen LogP contribution in [-0.4, -0.2) is 88.3 Å². The van der Waals surface area contributed by atoms with E-state index < -0.39 is 17.7 Å². The Hall–Kier alpha value is -3.92. The molecule has 2 aromatic carbocycles. The van der Waals surface area contributed by atoms with Gasteiger partial charge in [-0.15, -0.1) is 0 Å². The molecule has 1 amide bonds. The summed E-state index contributed by atoms with van der Waals surface area (Å²) in [6, 6.07) is 7.33. The van der Waals surface area contributed by atoms with Crippen LogP contribution in [0.2, 0.25) is 0 Å². The van der Waals surface area contributed by atoms with Gasteiger partial charge in [-0.1, -0.05) is 0 Å². The van der Waals surface area contributed by atoms with Gasteiger partial charge in [0.1, 0.15) is 5.76 Å². The second-order valence-electron chi connectivity index (χ2n) is 9.07. The van der Waals surface area contributed by atoms with Crippen LogP contribution in [0.4, 0.5) is 0 Å². The number of ether oxygens (including phenoxy) is 5. The predicted octanol–water partition coefficient (Wildman–Crippen LogP) is 3.25. The molecule has 0 spiro atoms. The van der Waals surface area contributed by atoms with Crippen molar-refractivity contribution in [1.29, 1.82) is 0 Å². The van der Waals surface area contributed by atoms with Crippen molar-refractivity contribution in [3.8, 4) is 28.7 Å². The van der Waals surface area contributed by atoms with Gasteiger partial charge >= 0.3 is 0 Å². The number of hydrogen-bond acceptors (Lipinski definition) is 9. The number of aliphatic hydroxyl groups is 1. The molecule has 10 heteroatoms. The Labute approximate surface area is 222 Å². The zero-order chi connectivity index (χ0) is 27.4. The van der Waals surface area contributed by atoms with E-state index in [0.717, 1.165) is 25.9 Å². The summed E-state index contributed by atoms with van der Waals surface area (Å²) in [7, 11) is 7.48. The lowest BCUT2D eigenvalue weighted by Crippen LogP contribution is -2.37. The predicted molar refractivity (Wildman–Crippen MR) is 140 cm³/mol. The summed E-state index contributed by atoms with van der Waals surface area (Å²) in [6.07, 6.45) is 2.21. The van der Waals surface area contributed by atoms with Gasteiger partial charge in [0.25, 0.3) is 11.7 Å². The smallest absolute Gasteiger partial charge is 0.295 e.